The van der Waals surface area contributed by atoms with Crippen LogP contribution in [-0.4, -0.2) is 25.5 Å². The predicted octanol–water partition coefficient (Wildman–Crippen LogP) is 3.50. The van der Waals surface area contributed by atoms with Gasteiger partial charge in [0.1, 0.15) is 12.2 Å². The molecule has 114 valence electrons. The van der Waals surface area contributed by atoms with Crippen LogP contribution in [0.15, 0.2) is 48.5 Å². The topological polar surface area (TPSA) is 52.6 Å². The zero-order chi connectivity index (χ0) is 15.9. The second-order valence-corrected chi connectivity index (χ2v) is 4.68. The molecular weight excluding hydrogens is 280 g/mol. The fourth-order valence-electron chi connectivity index (χ4n) is 2.19. The van der Waals surface area contributed by atoms with Gasteiger partial charge in [0.15, 0.2) is 5.78 Å². The van der Waals surface area contributed by atoms with Crippen LogP contribution in [0.2, 0.25) is 0 Å². The van der Waals surface area contributed by atoms with Crippen LogP contribution in [-0.2, 0) is 9.53 Å². The van der Waals surface area contributed by atoms with Crippen LogP contribution in [0, 0.1) is 0 Å². The van der Waals surface area contributed by atoms with Crippen LogP contribution in [0.25, 0.3) is 11.1 Å². The Morgan fingerprint density at radius 1 is 1.05 bits per heavy atom. The third-order valence-corrected chi connectivity index (χ3v) is 3.22. The summed E-state index contributed by atoms with van der Waals surface area (Å²) in [6.07, 6.45) is -0.277. The fraction of sp³-hybridized carbons (Fsp3) is 0.222. The van der Waals surface area contributed by atoms with Crippen LogP contribution < -0.4 is 4.74 Å². The first-order chi connectivity index (χ1) is 10.7. The average molecular weight is 298 g/mol. The van der Waals surface area contributed by atoms with E-state index in [-0.39, 0.29) is 18.8 Å². The fourth-order valence-corrected chi connectivity index (χ4v) is 2.19. The van der Waals surface area contributed by atoms with Crippen molar-refractivity contribution in [3.63, 3.8) is 0 Å². The van der Waals surface area contributed by atoms with Gasteiger partial charge in [-0.3, -0.25) is 9.59 Å². The molecule has 0 atom stereocenters. The number of methoxy groups -OCH3 is 1. The molecule has 2 aromatic carbocycles. The first-order valence-corrected chi connectivity index (χ1v) is 7.08. The van der Waals surface area contributed by atoms with E-state index >= 15 is 0 Å². The molecule has 0 radical (unpaired) electrons. The molecule has 0 aliphatic carbocycles. The second kappa shape index (κ2) is 7.41. The number of hydrogen-bond donors (Lipinski definition) is 0. The molecule has 0 amide bonds. The molecular formula is C18H18O4. The molecule has 0 heterocycles. The highest BCUT2D eigenvalue weighted by Gasteiger charge is 2.18. The standard InChI is InChI=1S/C18H18O4/c1-3-22-18(20)12-17(19)16-11-14(21-2)9-10-15(16)13-7-5-4-6-8-13/h4-11H,3,12H2,1-2H3. The molecule has 4 heteroatoms. The number of rotatable bonds is 6. The maximum atomic E-state index is 12.4. The van der Waals surface area contributed by atoms with Crippen molar-refractivity contribution in [3.8, 4) is 16.9 Å². The third-order valence-electron chi connectivity index (χ3n) is 3.22. The SMILES string of the molecule is CCOC(=O)CC(=O)c1cc(OC)ccc1-c1ccccc1. The molecule has 0 aliphatic heterocycles. The van der Waals surface area contributed by atoms with Crippen molar-refractivity contribution in [3.05, 3.63) is 54.1 Å². The number of carbonyl (C=O) groups excluding carboxylic acids is 2. The maximum absolute atomic E-state index is 12.4. The summed E-state index contributed by atoms with van der Waals surface area (Å²) in [6, 6.07) is 14.8. The van der Waals surface area contributed by atoms with Crippen molar-refractivity contribution in [2.75, 3.05) is 13.7 Å². The molecule has 0 bridgehead atoms. The van der Waals surface area contributed by atoms with Gasteiger partial charge in [0.2, 0.25) is 0 Å². The van der Waals surface area contributed by atoms with Gasteiger partial charge in [-0.2, -0.15) is 0 Å². The Bertz CT molecular complexity index is 662. The van der Waals surface area contributed by atoms with Crippen molar-refractivity contribution in [1.29, 1.82) is 0 Å². The van der Waals surface area contributed by atoms with E-state index in [4.69, 9.17) is 9.47 Å². The molecule has 0 saturated carbocycles. The number of benzene rings is 2. The molecule has 22 heavy (non-hydrogen) atoms. The molecule has 0 N–H and O–H groups in total. The number of carbonyl (C=O) groups is 2. The lowest BCUT2D eigenvalue weighted by atomic mass is 9.95. The number of esters is 1. The minimum atomic E-state index is -0.519. The lowest BCUT2D eigenvalue weighted by Crippen LogP contribution is -2.12. The Morgan fingerprint density at radius 2 is 1.77 bits per heavy atom. The van der Waals surface area contributed by atoms with Gasteiger partial charge in [-0.15, -0.1) is 0 Å². The summed E-state index contributed by atoms with van der Waals surface area (Å²) in [5.41, 5.74) is 2.15. The lowest BCUT2D eigenvalue weighted by molar-refractivity contribution is -0.141. The normalized spacial score (nSPS) is 10.1. The summed E-state index contributed by atoms with van der Waals surface area (Å²) in [7, 11) is 1.54. The van der Waals surface area contributed by atoms with Crippen molar-refractivity contribution in [1.82, 2.24) is 0 Å². The van der Waals surface area contributed by atoms with E-state index in [0.717, 1.165) is 11.1 Å². The Labute approximate surface area is 129 Å². The van der Waals surface area contributed by atoms with Crippen LogP contribution >= 0.6 is 0 Å². The van der Waals surface area contributed by atoms with E-state index in [1.165, 1.54) is 7.11 Å². The summed E-state index contributed by atoms with van der Waals surface area (Å²) in [5, 5.41) is 0. The molecule has 4 nitrogen and oxygen atoms in total. The molecule has 0 aromatic heterocycles. The predicted molar refractivity (Wildman–Crippen MR) is 84.0 cm³/mol. The highest BCUT2D eigenvalue weighted by Crippen LogP contribution is 2.28. The van der Waals surface area contributed by atoms with Gasteiger partial charge < -0.3 is 9.47 Å². The molecule has 0 spiro atoms. The van der Waals surface area contributed by atoms with Crippen LogP contribution in [0.1, 0.15) is 23.7 Å². The van der Waals surface area contributed by atoms with Gasteiger partial charge in [-0.05, 0) is 36.2 Å². The van der Waals surface area contributed by atoms with E-state index in [9.17, 15) is 9.59 Å². The first kappa shape index (κ1) is 15.8. The average Bonchev–Trinajstić information content (AvgIpc) is 2.55. The van der Waals surface area contributed by atoms with Gasteiger partial charge >= 0.3 is 5.97 Å². The van der Waals surface area contributed by atoms with E-state index in [2.05, 4.69) is 0 Å². The summed E-state index contributed by atoms with van der Waals surface area (Å²) in [6.45, 7) is 1.97. The molecule has 0 fully saturated rings. The van der Waals surface area contributed by atoms with Crippen LogP contribution in [0.4, 0.5) is 0 Å². The number of ketones is 1. The Kier molecular flexibility index (Phi) is 5.31. The quantitative estimate of drug-likeness (QED) is 0.465. The van der Waals surface area contributed by atoms with Crippen molar-refractivity contribution >= 4 is 11.8 Å². The zero-order valence-corrected chi connectivity index (χ0v) is 12.7. The molecule has 0 unspecified atom stereocenters. The van der Waals surface area contributed by atoms with E-state index in [0.29, 0.717) is 11.3 Å². The van der Waals surface area contributed by atoms with Gasteiger partial charge in [0.05, 0.1) is 13.7 Å². The highest BCUT2D eigenvalue weighted by atomic mass is 16.5. The van der Waals surface area contributed by atoms with Crippen LogP contribution in [0.3, 0.4) is 0 Å². The van der Waals surface area contributed by atoms with Gasteiger partial charge in [0.25, 0.3) is 0 Å². The van der Waals surface area contributed by atoms with Crippen molar-refractivity contribution in [2.45, 2.75) is 13.3 Å². The largest absolute Gasteiger partial charge is 0.497 e. The molecule has 2 aromatic rings. The maximum Gasteiger partial charge on any atom is 0.313 e. The Morgan fingerprint density at radius 3 is 2.41 bits per heavy atom. The number of ether oxygens (including phenoxy) is 2. The minimum Gasteiger partial charge on any atom is -0.497 e. The summed E-state index contributed by atoms with van der Waals surface area (Å²) in [5.74, 6) is -0.225. The number of Topliss-reactive ketones (excluding diaryl/α,β-unsaturated/α-hetero) is 1. The summed E-state index contributed by atoms with van der Waals surface area (Å²) in [4.78, 5) is 24.0. The number of hydrogen-bond acceptors (Lipinski definition) is 4. The van der Waals surface area contributed by atoms with E-state index in [1.807, 2.05) is 36.4 Å². The monoisotopic (exact) mass is 298 g/mol. The van der Waals surface area contributed by atoms with Gasteiger partial charge in [-0.25, -0.2) is 0 Å². The van der Waals surface area contributed by atoms with Gasteiger partial charge in [-0.1, -0.05) is 30.3 Å². The summed E-state index contributed by atoms with van der Waals surface area (Å²) >= 11 is 0. The minimum absolute atomic E-state index is 0.260. The lowest BCUT2D eigenvalue weighted by Gasteiger charge is -2.11. The molecule has 0 aliphatic rings. The van der Waals surface area contributed by atoms with Crippen molar-refractivity contribution < 1.29 is 19.1 Å². The highest BCUT2D eigenvalue weighted by molar-refractivity contribution is 6.09. The summed E-state index contributed by atoms with van der Waals surface area (Å²) < 4.78 is 10.0. The second-order valence-electron chi connectivity index (χ2n) is 4.68. The van der Waals surface area contributed by atoms with Crippen molar-refractivity contribution in [2.24, 2.45) is 0 Å². The van der Waals surface area contributed by atoms with Gasteiger partial charge in [0, 0.05) is 5.56 Å². The first-order valence-electron chi connectivity index (χ1n) is 7.08. The third kappa shape index (κ3) is 3.73. The van der Waals surface area contributed by atoms with E-state index in [1.54, 1.807) is 19.1 Å². The zero-order valence-electron chi connectivity index (χ0n) is 12.7. The molecule has 2 rings (SSSR count). The Balaban J connectivity index is 2.39. The van der Waals surface area contributed by atoms with E-state index < -0.39 is 5.97 Å². The Hall–Kier alpha value is -2.62. The smallest absolute Gasteiger partial charge is 0.313 e. The van der Waals surface area contributed by atoms with Crippen LogP contribution in [0.5, 0.6) is 5.75 Å². The molecule has 0 saturated heterocycles.